The molecule has 5 nitrogen and oxygen atoms in total. The molecule has 18 heavy (non-hydrogen) atoms. The lowest BCUT2D eigenvalue weighted by molar-refractivity contribution is -0.139. The minimum absolute atomic E-state index is 0.213. The molecular weight excluding hydrogens is 254 g/mol. The van der Waals surface area contributed by atoms with Crippen molar-refractivity contribution in [2.24, 2.45) is 0 Å². The van der Waals surface area contributed by atoms with Crippen molar-refractivity contribution in [2.75, 3.05) is 27.9 Å². The molecule has 0 radical (unpaired) electrons. The highest BCUT2D eigenvalue weighted by Gasteiger charge is 2.07. The highest BCUT2D eigenvalue weighted by atomic mass is 32.1. The van der Waals surface area contributed by atoms with E-state index < -0.39 is 0 Å². The van der Waals surface area contributed by atoms with Crippen LogP contribution < -0.4 is 5.32 Å². The summed E-state index contributed by atoms with van der Waals surface area (Å²) in [5.41, 5.74) is 0. The van der Waals surface area contributed by atoms with Crippen LogP contribution in [0.5, 0.6) is 0 Å². The number of hydrogen-bond donors (Lipinski definition) is 1. The third kappa shape index (κ3) is 5.14. The number of thiophene rings is 1. The zero-order valence-corrected chi connectivity index (χ0v) is 11.7. The minimum Gasteiger partial charge on any atom is -0.469 e. The molecule has 0 aliphatic rings. The Balaban J connectivity index is 2.33. The summed E-state index contributed by atoms with van der Waals surface area (Å²) in [4.78, 5) is 13.3. The number of methoxy groups -OCH3 is 3. The Morgan fingerprint density at radius 3 is 2.56 bits per heavy atom. The van der Waals surface area contributed by atoms with Gasteiger partial charge in [0.1, 0.15) is 0 Å². The molecule has 0 aliphatic heterocycles. The molecule has 0 bridgehead atoms. The average Bonchev–Trinajstić information content (AvgIpc) is 2.82. The van der Waals surface area contributed by atoms with Gasteiger partial charge in [0.2, 0.25) is 0 Å². The molecule has 0 saturated heterocycles. The molecule has 0 atom stereocenters. The average molecular weight is 273 g/mol. The Bertz CT molecular complexity index is 363. The Kier molecular flexibility index (Phi) is 6.89. The first-order chi connectivity index (χ1) is 8.69. The first-order valence-electron chi connectivity index (χ1n) is 5.60. The second kappa shape index (κ2) is 8.20. The van der Waals surface area contributed by atoms with Crippen molar-refractivity contribution in [3.05, 3.63) is 21.9 Å². The SMILES string of the molecule is COC(=O)Cc1ccc(CNCC(OC)OC)s1. The van der Waals surface area contributed by atoms with E-state index in [-0.39, 0.29) is 12.3 Å². The largest absolute Gasteiger partial charge is 0.469 e. The molecule has 1 aromatic rings. The normalized spacial score (nSPS) is 10.9. The fourth-order valence-electron chi connectivity index (χ4n) is 1.40. The maximum Gasteiger partial charge on any atom is 0.310 e. The molecule has 0 saturated carbocycles. The van der Waals surface area contributed by atoms with Crippen molar-refractivity contribution in [3.63, 3.8) is 0 Å². The molecule has 0 aliphatic carbocycles. The number of nitrogens with one attached hydrogen (secondary N) is 1. The third-order valence-electron chi connectivity index (χ3n) is 2.40. The van der Waals surface area contributed by atoms with Crippen molar-refractivity contribution in [1.82, 2.24) is 5.32 Å². The summed E-state index contributed by atoms with van der Waals surface area (Å²) < 4.78 is 14.8. The second-order valence-electron chi connectivity index (χ2n) is 3.65. The minimum atomic E-state index is -0.237. The van der Waals surface area contributed by atoms with E-state index in [9.17, 15) is 4.79 Å². The predicted molar refractivity (Wildman–Crippen MR) is 69.6 cm³/mol. The lowest BCUT2D eigenvalue weighted by Crippen LogP contribution is -2.29. The van der Waals surface area contributed by atoms with E-state index in [2.05, 4.69) is 10.1 Å². The summed E-state index contributed by atoms with van der Waals surface area (Å²) in [5.74, 6) is -0.213. The van der Waals surface area contributed by atoms with Crippen LogP contribution in [0, 0.1) is 0 Å². The molecular formula is C12H19NO4S. The van der Waals surface area contributed by atoms with Crippen LogP contribution in [0.25, 0.3) is 0 Å². The Morgan fingerprint density at radius 1 is 1.28 bits per heavy atom. The number of esters is 1. The number of rotatable bonds is 8. The highest BCUT2D eigenvalue weighted by Crippen LogP contribution is 2.17. The van der Waals surface area contributed by atoms with Crippen LogP contribution in [0.4, 0.5) is 0 Å². The van der Waals surface area contributed by atoms with Gasteiger partial charge >= 0.3 is 5.97 Å². The smallest absolute Gasteiger partial charge is 0.310 e. The molecule has 1 rings (SSSR count). The summed E-state index contributed by atoms with van der Waals surface area (Å²) >= 11 is 1.60. The lowest BCUT2D eigenvalue weighted by Gasteiger charge is -2.13. The van der Waals surface area contributed by atoms with E-state index in [0.29, 0.717) is 13.0 Å². The van der Waals surface area contributed by atoms with Gasteiger partial charge in [-0.3, -0.25) is 4.79 Å². The van der Waals surface area contributed by atoms with Crippen molar-refractivity contribution in [2.45, 2.75) is 19.3 Å². The van der Waals surface area contributed by atoms with Crippen LogP contribution in [0.15, 0.2) is 12.1 Å². The molecule has 0 unspecified atom stereocenters. The first-order valence-corrected chi connectivity index (χ1v) is 6.42. The molecule has 0 aromatic carbocycles. The maximum atomic E-state index is 11.1. The predicted octanol–water partition coefficient (Wildman–Crippen LogP) is 1.17. The van der Waals surface area contributed by atoms with Crippen LogP contribution in [0.1, 0.15) is 9.75 Å². The van der Waals surface area contributed by atoms with Gasteiger partial charge in [-0.05, 0) is 12.1 Å². The third-order valence-corrected chi connectivity index (χ3v) is 3.48. The van der Waals surface area contributed by atoms with E-state index in [0.717, 1.165) is 11.4 Å². The van der Waals surface area contributed by atoms with Crippen molar-refractivity contribution in [3.8, 4) is 0 Å². The van der Waals surface area contributed by atoms with Crippen molar-refractivity contribution >= 4 is 17.3 Å². The summed E-state index contributed by atoms with van der Waals surface area (Å²) in [7, 11) is 4.61. The number of ether oxygens (including phenoxy) is 3. The molecule has 1 aromatic heterocycles. The van der Waals surface area contributed by atoms with Crippen molar-refractivity contribution < 1.29 is 19.0 Å². The second-order valence-corrected chi connectivity index (χ2v) is 4.91. The van der Waals surface area contributed by atoms with Crippen LogP contribution in [0.2, 0.25) is 0 Å². The van der Waals surface area contributed by atoms with Crippen LogP contribution in [-0.4, -0.2) is 40.1 Å². The van der Waals surface area contributed by atoms with Gasteiger partial charge in [-0.25, -0.2) is 0 Å². The van der Waals surface area contributed by atoms with E-state index in [1.54, 1.807) is 25.6 Å². The van der Waals surface area contributed by atoms with E-state index in [1.165, 1.54) is 12.0 Å². The first kappa shape index (κ1) is 15.1. The van der Waals surface area contributed by atoms with Crippen LogP contribution in [0.3, 0.4) is 0 Å². The van der Waals surface area contributed by atoms with Gasteiger partial charge in [0.05, 0.1) is 13.5 Å². The topological polar surface area (TPSA) is 56.8 Å². The monoisotopic (exact) mass is 273 g/mol. The van der Waals surface area contributed by atoms with Crippen molar-refractivity contribution in [1.29, 1.82) is 0 Å². The fraction of sp³-hybridized carbons (Fsp3) is 0.583. The van der Waals surface area contributed by atoms with E-state index >= 15 is 0 Å². The van der Waals surface area contributed by atoms with E-state index in [4.69, 9.17) is 9.47 Å². The quantitative estimate of drug-likeness (QED) is 0.569. The van der Waals surface area contributed by atoms with Gasteiger partial charge in [-0.1, -0.05) is 0 Å². The molecule has 0 spiro atoms. The molecule has 1 N–H and O–H groups in total. The van der Waals surface area contributed by atoms with Gasteiger partial charge in [0.25, 0.3) is 0 Å². The molecule has 6 heteroatoms. The highest BCUT2D eigenvalue weighted by molar-refractivity contribution is 7.12. The van der Waals surface area contributed by atoms with E-state index in [1.807, 2.05) is 12.1 Å². The van der Waals surface area contributed by atoms with Gasteiger partial charge in [0, 0.05) is 37.1 Å². The molecule has 0 fully saturated rings. The number of hydrogen-bond acceptors (Lipinski definition) is 6. The zero-order valence-electron chi connectivity index (χ0n) is 10.9. The lowest BCUT2D eigenvalue weighted by atomic mass is 10.3. The maximum absolute atomic E-state index is 11.1. The Hall–Kier alpha value is -0.950. The van der Waals surface area contributed by atoms with Gasteiger partial charge in [0.15, 0.2) is 6.29 Å². The molecule has 1 heterocycles. The summed E-state index contributed by atoms with van der Waals surface area (Å²) in [6, 6.07) is 3.95. The van der Waals surface area contributed by atoms with Gasteiger partial charge < -0.3 is 19.5 Å². The van der Waals surface area contributed by atoms with Crippen LogP contribution in [-0.2, 0) is 32.0 Å². The van der Waals surface area contributed by atoms with Gasteiger partial charge in [-0.15, -0.1) is 11.3 Å². The summed E-state index contributed by atoms with van der Waals surface area (Å²) in [6.07, 6.45) is 0.0967. The Labute approximate surface area is 111 Å². The number of carbonyl (C=O) groups is 1. The summed E-state index contributed by atoms with van der Waals surface area (Å²) in [6.45, 7) is 1.35. The Morgan fingerprint density at radius 2 is 1.94 bits per heavy atom. The summed E-state index contributed by atoms with van der Waals surface area (Å²) in [5, 5.41) is 3.23. The van der Waals surface area contributed by atoms with Crippen LogP contribution >= 0.6 is 11.3 Å². The van der Waals surface area contributed by atoms with Gasteiger partial charge in [-0.2, -0.15) is 0 Å². The zero-order chi connectivity index (χ0) is 13.4. The fourth-order valence-corrected chi connectivity index (χ4v) is 2.38. The number of carbonyl (C=O) groups excluding carboxylic acids is 1. The molecule has 0 amide bonds. The standard InChI is InChI=1S/C12H19NO4S/c1-15-11(14)6-9-4-5-10(18-9)7-13-8-12(16-2)17-3/h4-5,12-13H,6-8H2,1-3H3. The molecule has 102 valence electrons.